The minimum absolute atomic E-state index is 0.117. The second kappa shape index (κ2) is 6.50. The Kier molecular flexibility index (Phi) is 4.94. The van der Waals surface area contributed by atoms with Gasteiger partial charge < -0.3 is 9.30 Å². The SMILES string of the molecule is CCOC(C)Cn1c(CCCl)nc2ccc(F)c(F)c21. The van der Waals surface area contributed by atoms with Crippen LogP contribution in [0.5, 0.6) is 0 Å². The lowest BCUT2D eigenvalue weighted by atomic mass is 10.2. The molecule has 6 heteroatoms. The van der Waals surface area contributed by atoms with Crippen LogP contribution in [-0.2, 0) is 17.7 Å². The number of hydrogen-bond acceptors (Lipinski definition) is 2. The molecule has 0 aliphatic carbocycles. The molecule has 1 aromatic heterocycles. The van der Waals surface area contributed by atoms with Crippen LogP contribution in [0.4, 0.5) is 8.78 Å². The largest absolute Gasteiger partial charge is 0.377 e. The lowest BCUT2D eigenvalue weighted by molar-refractivity contribution is 0.0642. The summed E-state index contributed by atoms with van der Waals surface area (Å²) in [4.78, 5) is 4.33. The molecular weight excluding hydrogens is 286 g/mol. The Morgan fingerprint density at radius 1 is 1.40 bits per heavy atom. The normalized spacial score (nSPS) is 13.1. The Balaban J connectivity index is 2.51. The van der Waals surface area contributed by atoms with Crippen LogP contribution in [0.2, 0.25) is 0 Å². The molecule has 0 spiro atoms. The minimum atomic E-state index is -0.875. The van der Waals surface area contributed by atoms with Gasteiger partial charge in [-0.25, -0.2) is 13.8 Å². The fraction of sp³-hybridized carbons (Fsp3) is 0.500. The highest BCUT2D eigenvalue weighted by Crippen LogP contribution is 2.23. The van der Waals surface area contributed by atoms with Crippen molar-refractivity contribution in [3.8, 4) is 0 Å². The first kappa shape index (κ1) is 15.2. The molecule has 1 aromatic carbocycles. The van der Waals surface area contributed by atoms with Crippen LogP contribution in [0.1, 0.15) is 19.7 Å². The van der Waals surface area contributed by atoms with Gasteiger partial charge in [0.05, 0.1) is 18.2 Å². The Morgan fingerprint density at radius 3 is 2.80 bits per heavy atom. The van der Waals surface area contributed by atoms with E-state index in [0.717, 1.165) is 6.07 Å². The van der Waals surface area contributed by atoms with Gasteiger partial charge in [-0.05, 0) is 26.0 Å². The smallest absolute Gasteiger partial charge is 0.184 e. The monoisotopic (exact) mass is 302 g/mol. The molecule has 2 rings (SSSR count). The van der Waals surface area contributed by atoms with Gasteiger partial charge in [0.25, 0.3) is 0 Å². The molecule has 1 heterocycles. The number of alkyl halides is 1. The highest BCUT2D eigenvalue weighted by molar-refractivity contribution is 6.17. The van der Waals surface area contributed by atoms with Crippen molar-refractivity contribution in [3.05, 3.63) is 29.6 Å². The third-order valence-corrected chi connectivity index (χ3v) is 3.28. The summed E-state index contributed by atoms with van der Waals surface area (Å²) in [5, 5.41) is 0. The Hall–Kier alpha value is -1.20. The Bertz CT molecular complexity index is 600. The summed E-state index contributed by atoms with van der Waals surface area (Å²) in [7, 11) is 0. The molecule has 0 aliphatic heterocycles. The molecule has 20 heavy (non-hydrogen) atoms. The maximum Gasteiger partial charge on any atom is 0.184 e. The van der Waals surface area contributed by atoms with Crippen LogP contribution in [0.25, 0.3) is 11.0 Å². The van der Waals surface area contributed by atoms with Crippen molar-refractivity contribution in [2.24, 2.45) is 0 Å². The van der Waals surface area contributed by atoms with Crippen LogP contribution in [-0.4, -0.2) is 28.1 Å². The second-order valence-corrected chi connectivity index (χ2v) is 4.95. The third kappa shape index (κ3) is 2.94. The minimum Gasteiger partial charge on any atom is -0.377 e. The lowest BCUT2D eigenvalue weighted by Gasteiger charge is -2.15. The molecule has 0 N–H and O–H groups in total. The van der Waals surface area contributed by atoms with E-state index in [1.807, 2.05) is 13.8 Å². The summed E-state index contributed by atoms with van der Waals surface area (Å²) in [6.45, 7) is 4.76. The summed E-state index contributed by atoms with van der Waals surface area (Å²) in [5.41, 5.74) is 0.615. The van der Waals surface area contributed by atoms with E-state index < -0.39 is 11.6 Å². The zero-order valence-corrected chi connectivity index (χ0v) is 12.3. The number of halogens is 3. The second-order valence-electron chi connectivity index (χ2n) is 4.57. The van der Waals surface area contributed by atoms with Crippen LogP contribution < -0.4 is 0 Å². The number of aryl methyl sites for hydroxylation is 1. The van der Waals surface area contributed by atoms with Crippen molar-refractivity contribution in [3.63, 3.8) is 0 Å². The molecule has 0 bridgehead atoms. The molecule has 0 amide bonds. The van der Waals surface area contributed by atoms with E-state index >= 15 is 0 Å². The number of ether oxygens (including phenoxy) is 1. The number of rotatable bonds is 6. The molecule has 0 radical (unpaired) electrons. The van der Waals surface area contributed by atoms with Crippen molar-refractivity contribution < 1.29 is 13.5 Å². The topological polar surface area (TPSA) is 27.1 Å². The molecule has 2 aromatic rings. The first-order valence-corrected chi connectivity index (χ1v) is 7.12. The van der Waals surface area contributed by atoms with Gasteiger partial charge in [-0.3, -0.25) is 0 Å². The molecule has 110 valence electrons. The number of benzene rings is 1. The van der Waals surface area contributed by atoms with Gasteiger partial charge in [0.1, 0.15) is 11.3 Å². The molecule has 3 nitrogen and oxygen atoms in total. The summed E-state index contributed by atoms with van der Waals surface area (Å²) in [5.74, 6) is -0.734. The van der Waals surface area contributed by atoms with Gasteiger partial charge in [-0.15, -0.1) is 11.6 Å². The lowest BCUT2D eigenvalue weighted by Crippen LogP contribution is -2.19. The average Bonchev–Trinajstić information content (AvgIpc) is 2.74. The predicted molar refractivity (Wildman–Crippen MR) is 75.2 cm³/mol. The van der Waals surface area contributed by atoms with Gasteiger partial charge in [0.15, 0.2) is 11.6 Å². The first-order valence-electron chi connectivity index (χ1n) is 6.59. The first-order chi connectivity index (χ1) is 9.58. The van der Waals surface area contributed by atoms with E-state index in [0.29, 0.717) is 36.8 Å². The van der Waals surface area contributed by atoms with E-state index in [4.69, 9.17) is 16.3 Å². The van der Waals surface area contributed by atoms with E-state index in [-0.39, 0.29) is 11.6 Å². The molecular formula is C14H17ClF2N2O. The summed E-state index contributed by atoms with van der Waals surface area (Å²) < 4.78 is 34.6. The van der Waals surface area contributed by atoms with Gasteiger partial charge in [-0.1, -0.05) is 0 Å². The summed E-state index contributed by atoms with van der Waals surface area (Å²) in [6, 6.07) is 2.57. The molecule has 0 aliphatic rings. The van der Waals surface area contributed by atoms with Crippen LogP contribution in [0, 0.1) is 11.6 Å². The summed E-state index contributed by atoms with van der Waals surface area (Å²) in [6.07, 6.45) is 0.380. The standard InChI is InChI=1S/C14H17ClF2N2O/c1-3-20-9(2)8-19-12(6-7-15)18-11-5-4-10(16)13(17)14(11)19/h4-5,9H,3,6-8H2,1-2H3. The fourth-order valence-corrected chi connectivity index (χ4v) is 2.44. The van der Waals surface area contributed by atoms with Crippen LogP contribution >= 0.6 is 11.6 Å². The van der Waals surface area contributed by atoms with Crippen LogP contribution in [0.15, 0.2) is 12.1 Å². The quantitative estimate of drug-likeness (QED) is 0.763. The zero-order chi connectivity index (χ0) is 14.7. The Morgan fingerprint density at radius 2 is 2.15 bits per heavy atom. The average molecular weight is 303 g/mol. The number of hydrogen-bond donors (Lipinski definition) is 0. The number of fused-ring (bicyclic) bond motifs is 1. The van der Waals surface area contributed by atoms with E-state index in [9.17, 15) is 8.78 Å². The van der Waals surface area contributed by atoms with Crippen LogP contribution in [0.3, 0.4) is 0 Å². The molecule has 0 fully saturated rings. The van der Waals surface area contributed by atoms with Crippen molar-refractivity contribution in [1.29, 1.82) is 0 Å². The van der Waals surface area contributed by atoms with Gasteiger partial charge in [-0.2, -0.15) is 0 Å². The fourth-order valence-electron chi connectivity index (χ4n) is 2.27. The van der Waals surface area contributed by atoms with E-state index in [2.05, 4.69) is 4.98 Å². The summed E-state index contributed by atoms with van der Waals surface area (Å²) >= 11 is 5.75. The van der Waals surface area contributed by atoms with E-state index in [1.54, 1.807) is 4.57 Å². The number of nitrogens with zero attached hydrogens (tertiary/aromatic N) is 2. The van der Waals surface area contributed by atoms with Gasteiger partial charge in [0, 0.05) is 18.9 Å². The Labute approximate surface area is 121 Å². The molecule has 1 atom stereocenters. The maximum absolute atomic E-state index is 14.0. The van der Waals surface area contributed by atoms with Crippen molar-refractivity contribution in [2.75, 3.05) is 12.5 Å². The number of imidazole rings is 1. The van der Waals surface area contributed by atoms with E-state index in [1.165, 1.54) is 6.07 Å². The van der Waals surface area contributed by atoms with Crippen molar-refractivity contribution >= 4 is 22.6 Å². The maximum atomic E-state index is 14.0. The highest BCUT2D eigenvalue weighted by atomic mass is 35.5. The van der Waals surface area contributed by atoms with Crippen molar-refractivity contribution in [1.82, 2.24) is 9.55 Å². The zero-order valence-electron chi connectivity index (χ0n) is 11.5. The highest BCUT2D eigenvalue weighted by Gasteiger charge is 2.18. The molecule has 0 saturated heterocycles. The molecule has 0 saturated carbocycles. The third-order valence-electron chi connectivity index (χ3n) is 3.09. The van der Waals surface area contributed by atoms with Crippen molar-refractivity contribution in [2.45, 2.75) is 32.9 Å². The predicted octanol–water partition coefficient (Wildman–Crippen LogP) is 3.52. The van der Waals surface area contributed by atoms with Gasteiger partial charge in [0.2, 0.25) is 0 Å². The molecule has 1 unspecified atom stereocenters. The van der Waals surface area contributed by atoms with Gasteiger partial charge >= 0.3 is 0 Å². The number of aromatic nitrogens is 2.